The molecule has 0 bridgehead atoms. The number of hydrogen-bond donors (Lipinski definition) is 1. The third-order valence-corrected chi connectivity index (χ3v) is 10.1. The molecule has 0 saturated heterocycles. The van der Waals surface area contributed by atoms with Gasteiger partial charge < -0.3 is 5.11 Å². The number of fused-ring (bicyclic) bond motifs is 4. The fraction of sp³-hybridized carbons (Fsp3) is 0.0976. The molecular weight excluding hydrogens is 584 g/mol. The van der Waals surface area contributed by atoms with E-state index in [-0.39, 0.29) is 17.7 Å². The van der Waals surface area contributed by atoms with Gasteiger partial charge in [-0.25, -0.2) is 4.90 Å². The van der Waals surface area contributed by atoms with Gasteiger partial charge in [0.15, 0.2) is 6.23 Å². The predicted molar refractivity (Wildman–Crippen MR) is 180 cm³/mol. The molecule has 47 heavy (non-hydrogen) atoms. The number of benzene rings is 5. The normalized spacial score (nSPS) is 20.9. The lowest BCUT2D eigenvalue weighted by Gasteiger charge is -2.37. The monoisotopic (exact) mass is 612 g/mol. The second-order valence-corrected chi connectivity index (χ2v) is 12.3. The van der Waals surface area contributed by atoms with Gasteiger partial charge in [0.05, 0.1) is 22.2 Å². The number of rotatable bonds is 4. The number of nitrogens with zero attached hydrogens (tertiary/aromatic N) is 2. The van der Waals surface area contributed by atoms with Gasteiger partial charge in [0.2, 0.25) is 0 Å². The minimum absolute atomic E-state index is 0.229. The minimum Gasteiger partial charge on any atom is -0.369 e. The highest BCUT2D eigenvalue weighted by Crippen LogP contribution is 2.57. The van der Waals surface area contributed by atoms with Crippen molar-refractivity contribution >= 4 is 34.7 Å². The number of hydrogen-bond acceptors (Lipinski definition) is 4. The van der Waals surface area contributed by atoms with Gasteiger partial charge in [0.25, 0.3) is 17.7 Å². The minimum atomic E-state index is -1.06. The first-order valence-electron chi connectivity index (χ1n) is 15.8. The number of anilines is 2. The molecule has 9 rings (SSSR count). The molecule has 6 heteroatoms. The zero-order valence-electron chi connectivity index (χ0n) is 25.3. The summed E-state index contributed by atoms with van der Waals surface area (Å²) in [6, 6.07) is 38.3. The highest BCUT2D eigenvalue weighted by atomic mass is 16.3. The maximum atomic E-state index is 13.3. The van der Waals surface area contributed by atoms with Gasteiger partial charge in [-0.15, -0.1) is 0 Å². The van der Waals surface area contributed by atoms with Crippen LogP contribution in [0.1, 0.15) is 78.0 Å². The summed E-state index contributed by atoms with van der Waals surface area (Å²) in [5.74, 6) is -0.871. The fourth-order valence-corrected chi connectivity index (χ4v) is 8.05. The Morgan fingerprint density at radius 2 is 1.15 bits per heavy atom. The number of carbonyl (C=O) groups is 3. The van der Waals surface area contributed by atoms with Crippen LogP contribution in [-0.4, -0.2) is 22.8 Å². The van der Waals surface area contributed by atoms with Crippen LogP contribution >= 0.6 is 0 Å². The van der Waals surface area contributed by atoms with Crippen LogP contribution in [0.25, 0.3) is 5.57 Å². The number of imide groups is 1. The van der Waals surface area contributed by atoms with Crippen molar-refractivity contribution in [3.05, 3.63) is 184 Å². The number of aliphatic hydroxyl groups is 1. The molecule has 2 atom stereocenters. The third kappa shape index (κ3) is 3.67. The molecular formula is C41H28N2O4. The van der Waals surface area contributed by atoms with E-state index >= 15 is 0 Å². The van der Waals surface area contributed by atoms with Crippen molar-refractivity contribution in [3.63, 3.8) is 0 Å². The summed E-state index contributed by atoms with van der Waals surface area (Å²) in [6.07, 6.45) is 5.15. The van der Waals surface area contributed by atoms with E-state index in [1.54, 1.807) is 42.5 Å². The van der Waals surface area contributed by atoms with Gasteiger partial charge in [-0.05, 0) is 88.7 Å². The molecule has 2 aliphatic carbocycles. The van der Waals surface area contributed by atoms with Crippen molar-refractivity contribution in [2.24, 2.45) is 0 Å². The average Bonchev–Trinajstić information content (AvgIpc) is 3.67. The molecule has 2 heterocycles. The lowest BCUT2D eigenvalue weighted by Crippen LogP contribution is -2.32. The SMILES string of the molecule is O=C1c2ccccc2C(=O)N1c1ccc(C2(c3ccc(N4C(=O)c5ccccc5C4O)cc3)C3=C(C=CCC3)c3ccccc32)cc1. The second-order valence-electron chi connectivity index (χ2n) is 12.3. The fourth-order valence-electron chi connectivity index (χ4n) is 8.05. The van der Waals surface area contributed by atoms with Crippen LogP contribution in [0, 0.1) is 0 Å². The first-order valence-corrected chi connectivity index (χ1v) is 15.8. The van der Waals surface area contributed by atoms with Gasteiger partial charge >= 0.3 is 0 Å². The van der Waals surface area contributed by atoms with Crippen LogP contribution in [0.2, 0.25) is 0 Å². The Morgan fingerprint density at radius 3 is 1.79 bits per heavy atom. The molecule has 5 aromatic rings. The van der Waals surface area contributed by atoms with E-state index < -0.39 is 11.6 Å². The number of allylic oxidation sites excluding steroid dienone is 4. The molecule has 5 aromatic carbocycles. The van der Waals surface area contributed by atoms with Gasteiger partial charge in [-0.3, -0.25) is 19.3 Å². The zero-order chi connectivity index (χ0) is 31.9. The Morgan fingerprint density at radius 1 is 0.596 bits per heavy atom. The van der Waals surface area contributed by atoms with E-state index in [1.165, 1.54) is 26.5 Å². The first kappa shape index (κ1) is 27.5. The van der Waals surface area contributed by atoms with Crippen molar-refractivity contribution in [1.82, 2.24) is 0 Å². The Balaban J connectivity index is 1.18. The Hall–Kier alpha value is -5.85. The van der Waals surface area contributed by atoms with E-state index in [1.807, 2.05) is 42.5 Å². The summed E-state index contributed by atoms with van der Waals surface area (Å²) in [6.45, 7) is 0. The first-order chi connectivity index (χ1) is 23.0. The van der Waals surface area contributed by atoms with Crippen LogP contribution in [0.15, 0.2) is 139 Å². The predicted octanol–water partition coefficient (Wildman–Crippen LogP) is 7.59. The van der Waals surface area contributed by atoms with Gasteiger partial charge in [-0.2, -0.15) is 0 Å². The summed E-state index contributed by atoms with van der Waals surface area (Å²) in [7, 11) is 0. The quantitative estimate of drug-likeness (QED) is 0.212. The van der Waals surface area contributed by atoms with E-state index in [4.69, 9.17) is 0 Å². The Bertz CT molecular complexity index is 2200. The van der Waals surface area contributed by atoms with E-state index in [0.29, 0.717) is 33.6 Å². The number of carbonyl (C=O) groups excluding carboxylic acids is 3. The zero-order valence-corrected chi connectivity index (χ0v) is 25.3. The summed E-state index contributed by atoms with van der Waals surface area (Å²) < 4.78 is 0. The molecule has 2 unspecified atom stereocenters. The van der Waals surface area contributed by atoms with E-state index in [9.17, 15) is 19.5 Å². The van der Waals surface area contributed by atoms with Crippen molar-refractivity contribution in [2.75, 3.05) is 9.80 Å². The molecule has 0 spiro atoms. The molecule has 4 aliphatic rings. The van der Waals surface area contributed by atoms with E-state index in [0.717, 1.165) is 29.5 Å². The number of amides is 3. The summed E-state index contributed by atoms with van der Waals surface area (Å²) in [5.41, 5.74) is 9.29. The molecule has 0 radical (unpaired) electrons. The van der Waals surface area contributed by atoms with Gasteiger partial charge in [-0.1, -0.05) is 91.0 Å². The average molecular weight is 613 g/mol. The summed E-state index contributed by atoms with van der Waals surface area (Å²) in [4.78, 5) is 42.6. The molecule has 1 N–H and O–H groups in total. The van der Waals surface area contributed by atoms with Crippen molar-refractivity contribution in [3.8, 4) is 0 Å². The molecule has 0 fully saturated rings. The van der Waals surface area contributed by atoms with Gasteiger partial charge in [0.1, 0.15) is 0 Å². The largest absolute Gasteiger partial charge is 0.369 e. The lowest BCUT2D eigenvalue weighted by molar-refractivity contribution is 0.0917. The van der Waals surface area contributed by atoms with Crippen LogP contribution < -0.4 is 9.80 Å². The van der Waals surface area contributed by atoms with Crippen molar-refractivity contribution < 1.29 is 19.5 Å². The van der Waals surface area contributed by atoms with Crippen LogP contribution in [0.3, 0.4) is 0 Å². The second kappa shape index (κ2) is 10.1. The number of aliphatic hydroxyl groups excluding tert-OH is 1. The van der Waals surface area contributed by atoms with E-state index in [2.05, 4.69) is 48.6 Å². The van der Waals surface area contributed by atoms with Crippen LogP contribution in [0.5, 0.6) is 0 Å². The topological polar surface area (TPSA) is 77.9 Å². The Kier molecular flexibility index (Phi) is 5.89. The standard InChI is InChI=1S/C41H28N2O4/c44-37-31-11-1-2-12-32(31)38(45)42(37)27-21-17-25(18-22-27)41(35-15-7-5-9-29(35)30-10-6-8-16-36(30)41)26-19-23-28(24-20-26)43-39(46)33-13-3-4-14-34(33)40(43)47/h1-7,9-15,17-24,37,44H,8,16H2. The molecule has 0 aromatic heterocycles. The Labute approximate surface area is 271 Å². The highest BCUT2D eigenvalue weighted by molar-refractivity contribution is 6.34. The molecule has 0 saturated carbocycles. The maximum Gasteiger partial charge on any atom is 0.266 e. The van der Waals surface area contributed by atoms with Crippen molar-refractivity contribution in [2.45, 2.75) is 24.5 Å². The third-order valence-electron chi connectivity index (χ3n) is 10.1. The van der Waals surface area contributed by atoms with Crippen LogP contribution in [0.4, 0.5) is 11.4 Å². The van der Waals surface area contributed by atoms with Gasteiger partial charge in [0, 0.05) is 16.8 Å². The molecule has 3 amide bonds. The molecule has 6 nitrogen and oxygen atoms in total. The molecule has 226 valence electrons. The summed E-state index contributed by atoms with van der Waals surface area (Å²) in [5, 5.41) is 11.1. The van der Waals surface area contributed by atoms with Crippen LogP contribution in [-0.2, 0) is 5.41 Å². The highest BCUT2D eigenvalue weighted by Gasteiger charge is 2.48. The molecule has 2 aliphatic heterocycles. The van der Waals surface area contributed by atoms with Crippen molar-refractivity contribution in [1.29, 1.82) is 0 Å². The summed E-state index contributed by atoms with van der Waals surface area (Å²) >= 11 is 0. The maximum absolute atomic E-state index is 13.3. The lowest BCUT2D eigenvalue weighted by atomic mass is 9.65. The smallest absolute Gasteiger partial charge is 0.266 e.